The summed E-state index contributed by atoms with van der Waals surface area (Å²) in [4.78, 5) is 4.30. The lowest BCUT2D eigenvalue weighted by Gasteiger charge is -2.30. The van der Waals surface area contributed by atoms with Crippen LogP contribution in [0.2, 0.25) is 10.0 Å². The molecule has 1 unspecified atom stereocenters. The number of pyridine rings is 1. The second-order valence-corrected chi connectivity index (χ2v) is 6.65. The topological polar surface area (TPSA) is 50.9 Å². The fraction of sp³-hybridized carbons (Fsp3) is 0.267. The molecule has 0 saturated carbocycles. The van der Waals surface area contributed by atoms with Crippen molar-refractivity contribution in [2.75, 3.05) is 5.32 Å². The van der Waals surface area contributed by atoms with Crippen molar-refractivity contribution in [3.63, 3.8) is 0 Å². The number of aromatic nitrogens is 1. The second kappa shape index (κ2) is 6.97. The largest absolute Gasteiger partial charge is 0.352 e. The van der Waals surface area contributed by atoms with Crippen LogP contribution in [-0.4, -0.2) is 10.6 Å². The number of nitrogens with one attached hydrogen (secondary N) is 1. The van der Waals surface area contributed by atoms with E-state index in [2.05, 4.69) is 26.2 Å². The van der Waals surface area contributed by atoms with Crippen LogP contribution in [-0.2, 0) is 6.42 Å². The molecule has 0 radical (unpaired) electrons. The van der Waals surface area contributed by atoms with E-state index in [4.69, 9.17) is 28.9 Å². The van der Waals surface area contributed by atoms with Gasteiger partial charge in [0.2, 0.25) is 0 Å². The van der Waals surface area contributed by atoms with Crippen LogP contribution < -0.4 is 11.1 Å². The molecule has 0 aliphatic carbocycles. The number of nitrogens with zero attached hydrogens (tertiary/aromatic N) is 1. The summed E-state index contributed by atoms with van der Waals surface area (Å²) in [7, 11) is 0. The van der Waals surface area contributed by atoms with Crippen molar-refractivity contribution in [3.8, 4) is 0 Å². The van der Waals surface area contributed by atoms with E-state index in [-0.39, 0.29) is 0 Å². The average molecular weight is 389 g/mol. The number of benzene rings is 1. The Balaban J connectivity index is 2.16. The van der Waals surface area contributed by atoms with Crippen molar-refractivity contribution in [2.24, 2.45) is 5.73 Å². The first-order valence-electron chi connectivity index (χ1n) is 6.54. The quantitative estimate of drug-likeness (QED) is 0.718. The first-order chi connectivity index (χ1) is 9.92. The summed E-state index contributed by atoms with van der Waals surface area (Å²) in [6.07, 6.45) is 3.10. The monoisotopic (exact) mass is 387 g/mol. The molecule has 6 heteroatoms. The van der Waals surface area contributed by atoms with E-state index in [1.165, 1.54) is 0 Å². The molecule has 1 atom stereocenters. The third kappa shape index (κ3) is 4.58. The number of halogens is 3. The molecule has 1 aromatic carbocycles. The maximum absolute atomic E-state index is 6.45. The third-order valence-corrected chi connectivity index (χ3v) is 4.45. The van der Waals surface area contributed by atoms with Gasteiger partial charge in [-0.2, -0.15) is 0 Å². The number of anilines is 1. The fourth-order valence-electron chi connectivity index (χ4n) is 1.98. The van der Waals surface area contributed by atoms with Gasteiger partial charge in [0.15, 0.2) is 0 Å². The van der Waals surface area contributed by atoms with Gasteiger partial charge in [-0.25, -0.2) is 4.98 Å². The Labute approximate surface area is 143 Å². The van der Waals surface area contributed by atoms with Crippen LogP contribution in [0.15, 0.2) is 41.0 Å². The van der Waals surface area contributed by atoms with E-state index in [1.54, 1.807) is 12.3 Å². The predicted octanol–water partition coefficient (Wildman–Crippen LogP) is 4.87. The Morgan fingerprint density at radius 3 is 2.57 bits per heavy atom. The van der Waals surface area contributed by atoms with Gasteiger partial charge in [0.25, 0.3) is 0 Å². The summed E-state index contributed by atoms with van der Waals surface area (Å²) in [5, 5.41) is 4.36. The Bertz CT molecular complexity index is 619. The van der Waals surface area contributed by atoms with Gasteiger partial charge in [0.1, 0.15) is 5.82 Å². The number of hydrogen-bond acceptors (Lipinski definition) is 3. The van der Waals surface area contributed by atoms with Gasteiger partial charge in [-0.05, 0) is 52.2 Å². The van der Waals surface area contributed by atoms with Crippen LogP contribution in [0.25, 0.3) is 0 Å². The summed E-state index contributed by atoms with van der Waals surface area (Å²) in [5.41, 5.74) is 6.88. The summed E-state index contributed by atoms with van der Waals surface area (Å²) in [5.74, 6) is 0.739. The van der Waals surface area contributed by atoms with E-state index in [0.29, 0.717) is 16.5 Å². The first kappa shape index (κ1) is 16.6. The smallest absolute Gasteiger partial charge is 0.127 e. The maximum atomic E-state index is 6.45. The van der Waals surface area contributed by atoms with E-state index < -0.39 is 5.66 Å². The lowest BCUT2D eigenvalue weighted by atomic mass is 9.97. The van der Waals surface area contributed by atoms with Gasteiger partial charge in [-0.3, -0.25) is 0 Å². The van der Waals surface area contributed by atoms with Gasteiger partial charge in [-0.15, -0.1) is 0 Å². The van der Waals surface area contributed by atoms with Crippen molar-refractivity contribution < 1.29 is 0 Å². The molecule has 0 saturated heterocycles. The molecular weight excluding hydrogens is 373 g/mol. The molecule has 2 rings (SSSR count). The summed E-state index contributed by atoms with van der Waals surface area (Å²) < 4.78 is 0.927. The molecule has 1 aromatic heterocycles. The first-order valence-corrected chi connectivity index (χ1v) is 8.09. The highest BCUT2D eigenvalue weighted by Gasteiger charge is 2.23. The molecule has 0 aliphatic heterocycles. The van der Waals surface area contributed by atoms with Crippen LogP contribution in [0.5, 0.6) is 0 Å². The van der Waals surface area contributed by atoms with Crippen molar-refractivity contribution in [1.29, 1.82) is 0 Å². The van der Waals surface area contributed by atoms with Crippen LogP contribution in [0.4, 0.5) is 5.82 Å². The van der Waals surface area contributed by atoms with Gasteiger partial charge < -0.3 is 11.1 Å². The summed E-state index contributed by atoms with van der Waals surface area (Å²) in [6, 6.07) is 9.37. The van der Waals surface area contributed by atoms with Gasteiger partial charge >= 0.3 is 0 Å². The zero-order valence-electron chi connectivity index (χ0n) is 11.5. The van der Waals surface area contributed by atoms with E-state index in [9.17, 15) is 0 Å². The molecule has 0 spiro atoms. The van der Waals surface area contributed by atoms with Gasteiger partial charge in [0.05, 0.1) is 15.7 Å². The molecule has 0 amide bonds. The molecule has 0 bridgehead atoms. The van der Waals surface area contributed by atoms with E-state index in [0.717, 1.165) is 22.3 Å². The van der Waals surface area contributed by atoms with Crippen molar-refractivity contribution in [2.45, 2.75) is 25.4 Å². The van der Waals surface area contributed by atoms with Crippen molar-refractivity contribution in [3.05, 3.63) is 56.6 Å². The van der Waals surface area contributed by atoms with Gasteiger partial charge in [0, 0.05) is 17.1 Å². The molecule has 112 valence electrons. The molecule has 0 aliphatic rings. The molecule has 1 heterocycles. The molecule has 3 nitrogen and oxygen atoms in total. The predicted molar refractivity (Wildman–Crippen MR) is 92.9 cm³/mol. The lowest BCUT2D eigenvalue weighted by Crippen LogP contribution is -2.49. The third-order valence-electron chi connectivity index (χ3n) is 3.24. The molecule has 21 heavy (non-hydrogen) atoms. The highest BCUT2D eigenvalue weighted by molar-refractivity contribution is 9.10. The van der Waals surface area contributed by atoms with Gasteiger partial charge in [-0.1, -0.05) is 36.2 Å². The molecule has 2 aromatic rings. The SMILES string of the molecule is CCC(N)(Cc1ccc(Cl)c(Cl)c1)Nc1ccc(Br)cn1. The minimum absolute atomic E-state index is 0.536. The van der Waals surface area contributed by atoms with Crippen LogP contribution in [0, 0.1) is 0 Å². The average Bonchev–Trinajstić information content (AvgIpc) is 2.45. The number of rotatable bonds is 5. The Morgan fingerprint density at radius 2 is 2.00 bits per heavy atom. The maximum Gasteiger partial charge on any atom is 0.127 e. The normalized spacial score (nSPS) is 13.8. The van der Waals surface area contributed by atoms with E-state index in [1.807, 2.05) is 31.2 Å². The zero-order chi connectivity index (χ0) is 15.5. The second-order valence-electron chi connectivity index (χ2n) is 4.92. The highest BCUT2D eigenvalue weighted by Crippen LogP contribution is 2.25. The molecular formula is C15H16BrCl2N3. The minimum Gasteiger partial charge on any atom is -0.352 e. The minimum atomic E-state index is -0.599. The van der Waals surface area contributed by atoms with Crippen LogP contribution >= 0.6 is 39.1 Å². The van der Waals surface area contributed by atoms with Crippen molar-refractivity contribution in [1.82, 2.24) is 4.98 Å². The molecule has 0 fully saturated rings. The summed E-state index contributed by atoms with van der Waals surface area (Å²) in [6.45, 7) is 2.03. The van der Waals surface area contributed by atoms with Crippen LogP contribution in [0.1, 0.15) is 18.9 Å². The molecule has 3 N–H and O–H groups in total. The van der Waals surface area contributed by atoms with E-state index >= 15 is 0 Å². The van der Waals surface area contributed by atoms with Crippen molar-refractivity contribution >= 4 is 44.9 Å². The summed E-state index contributed by atoms with van der Waals surface area (Å²) >= 11 is 15.4. The Kier molecular flexibility index (Phi) is 5.49. The highest BCUT2D eigenvalue weighted by atomic mass is 79.9. The standard InChI is InChI=1S/C15H16BrCl2N3/c1-2-15(19,21-14-6-4-11(16)9-20-14)8-10-3-5-12(17)13(18)7-10/h3-7,9H,2,8,19H2,1H3,(H,20,21). The lowest BCUT2D eigenvalue weighted by molar-refractivity contribution is 0.463. The van der Waals surface area contributed by atoms with Crippen LogP contribution in [0.3, 0.4) is 0 Å². The number of hydrogen-bond donors (Lipinski definition) is 2. The fourth-order valence-corrected chi connectivity index (χ4v) is 2.53. The number of nitrogens with two attached hydrogens (primary N) is 1. The zero-order valence-corrected chi connectivity index (χ0v) is 14.6. The Morgan fingerprint density at radius 1 is 1.24 bits per heavy atom. The Hall–Kier alpha value is -0.810.